The van der Waals surface area contributed by atoms with E-state index in [2.05, 4.69) is 12.2 Å². The van der Waals surface area contributed by atoms with Gasteiger partial charge in [0.1, 0.15) is 0 Å². The Morgan fingerprint density at radius 2 is 1.82 bits per heavy atom. The zero-order chi connectivity index (χ0) is 24.6. The van der Waals surface area contributed by atoms with Gasteiger partial charge in [-0.15, -0.1) is 0 Å². The van der Waals surface area contributed by atoms with Crippen molar-refractivity contribution in [3.05, 3.63) is 48.0 Å². The van der Waals surface area contributed by atoms with E-state index in [9.17, 15) is 18.0 Å². The molecule has 0 aromatic heterocycles. The highest BCUT2D eigenvalue weighted by Crippen LogP contribution is 2.28. The van der Waals surface area contributed by atoms with Gasteiger partial charge in [0.25, 0.3) is 5.91 Å². The summed E-state index contributed by atoms with van der Waals surface area (Å²) in [6, 6.07) is 10.7. The predicted octanol–water partition coefficient (Wildman–Crippen LogP) is 3.45. The second kappa shape index (κ2) is 11.8. The quantitative estimate of drug-likeness (QED) is 0.379. The Bertz CT molecular complexity index is 1110. The molecular formula is C24H30N2O7S. The summed E-state index contributed by atoms with van der Waals surface area (Å²) >= 11 is 0. The Morgan fingerprint density at radius 3 is 2.53 bits per heavy atom. The van der Waals surface area contributed by atoms with Crippen LogP contribution < -0.4 is 14.8 Å². The number of nitrogens with zero attached hydrogens (tertiary/aromatic N) is 1. The number of sulfonamides is 1. The van der Waals surface area contributed by atoms with E-state index in [1.54, 1.807) is 18.2 Å². The molecule has 2 aromatic rings. The van der Waals surface area contributed by atoms with Crippen LogP contribution in [-0.2, 0) is 19.6 Å². The van der Waals surface area contributed by atoms with Crippen LogP contribution in [0.1, 0.15) is 43.0 Å². The van der Waals surface area contributed by atoms with Crippen molar-refractivity contribution in [3.8, 4) is 11.5 Å². The summed E-state index contributed by atoms with van der Waals surface area (Å²) in [5.74, 6) is -0.366. The van der Waals surface area contributed by atoms with Crippen LogP contribution in [0.25, 0.3) is 0 Å². The van der Waals surface area contributed by atoms with E-state index in [4.69, 9.17) is 14.2 Å². The van der Waals surface area contributed by atoms with E-state index >= 15 is 0 Å². The van der Waals surface area contributed by atoms with Crippen molar-refractivity contribution >= 4 is 27.6 Å². The molecule has 0 spiro atoms. The highest BCUT2D eigenvalue weighted by Gasteiger charge is 2.27. The Kier molecular flexibility index (Phi) is 8.89. The average Bonchev–Trinajstić information content (AvgIpc) is 3.39. The summed E-state index contributed by atoms with van der Waals surface area (Å²) in [7, 11) is -2.13. The molecule has 0 atom stereocenters. The lowest BCUT2D eigenvalue weighted by Crippen LogP contribution is -2.28. The number of methoxy groups -OCH3 is 1. The number of carbonyl (C=O) groups excluding carboxylic acids is 2. The number of rotatable bonds is 11. The van der Waals surface area contributed by atoms with Crippen LogP contribution in [0, 0.1) is 0 Å². The van der Waals surface area contributed by atoms with Gasteiger partial charge in [0.15, 0.2) is 18.1 Å². The third-order valence-corrected chi connectivity index (χ3v) is 7.20. The Balaban J connectivity index is 1.57. The molecule has 1 N–H and O–H groups in total. The summed E-state index contributed by atoms with van der Waals surface area (Å²) in [5, 5.41) is 2.57. The second-order valence-corrected chi connectivity index (χ2v) is 9.77. The van der Waals surface area contributed by atoms with Gasteiger partial charge < -0.3 is 19.5 Å². The molecule has 3 rings (SSSR count). The molecule has 10 heteroatoms. The number of carbonyl (C=O) groups is 2. The van der Waals surface area contributed by atoms with Gasteiger partial charge >= 0.3 is 5.97 Å². The Hall–Kier alpha value is -3.11. The second-order valence-electron chi connectivity index (χ2n) is 7.83. The largest absolute Gasteiger partial charge is 0.493 e. The minimum atomic E-state index is -3.60. The van der Waals surface area contributed by atoms with Crippen molar-refractivity contribution < 1.29 is 32.2 Å². The molecule has 1 aliphatic heterocycles. The number of hydrogen-bond acceptors (Lipinski definition) is 7. The van der Waals surface area contributed by atoms with Gasteiger partial charge in [0.05, 0.1) is 24.2 Å². The molecule has 1 saturated heterocycles. The molecule has 1 aliphatic rings. The smallest absolute Gasteiger partial charge is 0.338 e. The minimum absolute atomic E-state index is 0.109. The summed E-state index contributed by atoms with van der Waals surface area (Å²) in [6.45, 7) is 3.05. The van der Waals surface area contributed by atoms with Crippen LogP contribution in [0.5, 0.6) is 11.5 Å². The predicted molar refractivity (Wildman–Crippen MR) is 127 cm³/mol. The van der Waals surface area contributed by atoms with Crippen molar-refractivity contribution in [3.63, 3.8) is 0 Å². The molecule has 0 saturated carbocycles. The van der Waals surface area contributed by atoms with Crippen LogP contribution in [-0.4, -0.2) is 58.0 Å². The van der Waals surface area contributed by atoms with Crippen molar-refractivity contribution in [1.82, 2.24) is 4.31 Å². The van der Waals surface area contributed by atoms with E-state index in [1.807, 2.05) is 0 Å². The fourth-order valence-electron chi connectivity index (χ4n) is 3.46. The van der Waals surface area contributed by atoms with Crippen LogP contribution in [0.15, 0.2) is 47.4 Å². The van der Waals surface area contributed by atoms with Gasteiger partial charge in [0, 0.05) is 18.8 Å². The lowest BCUT2D eigenvalue weighted by atomic mass is 10.2. The average molecular weight is 491 g/mol. The normalized spacial score (nSPS) is 13.9. The SMILES string of the molecule is CCCCOc1ccc(C(=O)OCC(=O)Nc2cccc(S(=O)(=O)N3CCCC3)c2)cc1OC. The summed E-state index contributed by atoms with van der Waals surface area (Å²) in [4.78, 5) is 24.8. The Morgan fingerprint density at radius 1 is 1.06 bits per heavy atom. The van der Waals surface area contributed by atoms with Gasteiger partial charge in [-0.1, -0.05) is 19.4 Å². The molecule has 0 aliphatic carbocycles. The van der Waals surface area contributed by atoms with Gasteiger partial charge in [-0.2, -0.15) is 4.31 Å². The standard InChI is InChI=1S/C24H30N2O7S/c1-3-4-14-32-21-11-10-18(15-22(21)31-2)24(28)33-17-23(27)25-19-8-7-9-20(16-19)34(29,30)26-12-5-6-13-26/h7-11,15-16H,3-6,12-14,17H2,1-2H3,(H,25,27). The van der Waals surface area contributed by atoms with Gasteiger partial charge in [-0.25, -0.2) is 13.2 Å². The number of esters is 1. The number of nitrogens with one attached hydrogen (secondary N) is 1. The number of amides is 1. The minimum Gasteiger partial charge on any atom is -0.493 e. The van der Waals surface area contributed by atoms with Crippen LogP contribution in [0.4, 0.5) is 5.69 Å². The fourth-order valence-corrected chi connectivity index (χ4v) is 5.03. The molecule has 1 fully saturated rings. The summed E-state index contributed by atoms with van der Waals surface area (Å²) in [6.07, 6.45) is 3.56. The van der Waals surface area contributed by atoms with E-state index in [1.165, 1.54) is 35.7 Å². The maximum atomic E-state index is 12.7. The van der Waals surface area contributed by atoms with Crippen molar-refractivity contribution in [2.45, 2.75) is 37.5 Å². The summed E-state index contributed by atoms with van der Waals surface area (Å²) < 4.78 is 42.9. The van der Waals surface area contributed by atoms with Crippen LogP contribution >= 0.6 is 0 Å². The van der Waals surface area contributed by atoms with E-state index in [0.29, 0.717) is 36.9 Å². The number of anilines is 1. The number of hydrogen-bond donors (Lipinski definition) is 1. The van der Waals surface area contributed by atoms with Gasteiger partial charge in [-0.05, 0) is 55.7 Å². The molecular weight excluding hydrogens is 460 g/mol. The molecule has 1 heterocycles. The van der Waals surface area contributed by atoms with Gasteiger partial charge in [-0.3, -0.25) is 4.79 Å². The number of ether oxygens (including phenoxy) is 3. The zero-order valence-corrected chi connectivity index (χ0v) is 20.2. The molecule has 0 unspecified atom stereocenters. The zero-order valence-electron chi connectivity index (χ0n) is 19.4. The van der Waals surface area contributed by atoms with E-state index in [0.717, 1.165) is 25.7 Å². The lowest BCUT2D eigenvalue weighted by molar-refractivity contribution is -0.119. The molecule has 184 valence electrons. The van der Waals surface area contributed by atoms with Gasteiger partial charge in [0.2, 0.25) is 10.0 Å². The number of unbranched alkanes of at least 4 members (excludes halogenated alkanes) is 1. The first-order valence-corrected chi connectivity index (χ1v) is 12.7. The lowest BCUT2D eigenvalue weighted by Gasteiger charge is -2.16. The van der Waals surface area contributed by atoms with Crippen molar-refractivity contribution in [2.75, 3.05) is 38.7 Å². The molecule has 2 aromatic carbocycles. The first-order chi connectivity index (χ1) is 16.3. The third kappa shape index (κ3) is 6.48. The maximum Gasteiger partial charge on any atom is 0.338 e. The first-order valence-electron chi connectivity index (χ1n) is 11.2. The molecule has 9 nitrogen and oxygen atoms in total. The van der Waals surface area contributed by atoms with E-state index < -0.39 is 28.5 Å². The first kappa shape index (κ1) is 25.5. The third-order valence-electron chi connectivity index (χ3n) is 5.31. The topological polar surface area (TPSA) is 111 Å². The highest BCUT2D eigenvalue weighted by molar-refractivity contribution is 7.89. The van der Waals surface area contributed by atoms with Crippen LogP contribution in [0.2, 0.25) is 0 Å². The number of benzene rings is 2. The molecule has 1 amide bonds. The van der Waals surface area contributed by atoms with Crippen molar-refractivity contribution in [1.29, 1.82) is 0 Å². The monoisotopic (exact) mass is 490 g/mol. The fraction of sp³-hybridized carbons (Fsp3) is 0.417. The van der Waals surface area contributed by atoms with Crippen LogP contribution in [0.3, 0.4) is 0 Å². The summed E-state index contributed by atoms with van der Waals surface area (Å²) in [5.41, 5.74) is 0.516. The highest BCUT2D eigenvalue weighted by atomic mass is 32.2. The molecule has 34 heavy (non-hydrogen) atoms. The van der Waals surface area contributed by atoms with E-state index in [-0.39, 0.29) is 10.5 Å². The molecule has 0 radical (unpaired) electrons. The maximum absolute atomic E-state index is 12.7. The van der Waals surface area contributed by atoms with Crippen molar-refractivity contribution in [2.24, 2.45) is 0 Å². The molecule has 0 bridgehead atoms. The Labute approximate surface area is 200 Å².